The minimum absolute atomic E-state index is 0.0613. The smallest absolute Gasteiger partial charge is 0.277 e. The van der Waals surface area contributed by atoms with E-state index in [9.17, 15) is 13.6 Å². The zero-order valence-corrected chi connectivity index (χ0v) is 21.1. The molecule has 0 saturated heterocycles. The third-order valence-corrected chi connectivity index (χ3v) is 6.16. The number of aryl methyl sites for hydroxylation is 2. The van der Waals surface area contributed by atoms with Crippen molar-refractivity contribution in [3.05, 3.63) is 117 Å². The first-order valence-corrected chi connectivity index (χ1v) is 11.9. The Balaban J connectivity index is 1.50. The molecule has 0 fully saturated rings. The Bertz CT molecular complexity index is 1710. The lowest BCUT2D eigenvalue weighted by atomic mass is 10.1. The minimum atomic E-state index is -0.855. The summed E-state index contributed by atoms with van der Waals surface area (Å²) in [5.74, 6) is -1.04. The molecule has 0 N–H and O–H groups in total. The van der Waals surface area contributed by atoms with Crippen molar-refractivity contribution in [3.63, 3.8) is 0 Å². The van der Waals surface area contributed by atoms with Crippen LogP contribution in [0.1, 0.15) is 17.0 Å². The van der Waals surface area contributed by atoms with Crippen LogP contribution < -0.4 is 10.3 Å². The molecule has 0 radical (unpaired) electrons. The van der Waals surface area contributed by atoms with E-state index in [4.69, 9.17) is 16.3 Å². The van der Waals surface area contributed by atoms with Gasteiger partial charge in [0.2, 0.25) is 0 Å². The van der Waals surface area contributed by atoms with Gasteiger partial charge in [0.25, 0.3) is 5.56 Å². The van der Waals surface area contributed by atoms with Crippen molar-refractivity contribution in [1.29, 1.82) is 0 Å². The summed E-state index contributed by atoms with van der Waals surface area (Å²) in [4.78, 5) is 30.6. The number of benzene rings is 1. The Hall–Kier alpha value is -4.50. The summed E-state index contributed by atoms with van der Waals surface area (Å²) in [6.45, 7) is 3.22. The van der Waals surface area contributed by atoms with E-state index in [1.54, 1.807) is 37.5 Å². The summed E-state index contributed by atoms with van der Waals surface area (Å²) in [7, 11) is 0. The number of rotatable bonds is 6. The minimum Gasteiger partial charge on any atom is -0.485 e. The van der Waals surface area contributed by atoms with Gasteiger partial charge in [-0.05, 0) is 31.5 Å². The van der Waals surface area contributed by atoms with E-state index in [2.05, 4.69) is 19.9 Å². The predicted molar refractivity (Wildman–Crippen MR) is 139 cm³/mol. The Morgan fingerprint density at radius 1 is 0.947 bits per heavy atom. The van der Waals surface area contributed by atoms with E-state index < -0.39 is 17.2 Å². The van der Waals surface area contributed by atoms with Gasteiger partial charge in [0.15, 0.2) is 11.6 Å². The fraction of sp³-hybridized carbons (Fsp3) is 0.107. The van der Waals surface area contributed by atoms with Crippen LogP contribution in [-0.2, 0) is 6.61 Å². The molecule has 0 bridgehead atoms. The summed E-state index contributed by atoms with van der Waals surface area (Å²) in [5.41, 5.74) is 3.19. The topological polar surface area (TPSA) is 82.8 Å². The van der Waals surface area contributed by atoms with Gasteiger partial charge in [0.1, 0.15) is 28.9 Å². The van der Waals surface area contributed by atoms with Crippen molar-refractivity contribution >= 4 is 11.6 Å². The molecule has 4 heterocycles. The molecule has 5 aromatic rings. The first-order valence-electron chi connectivity index (χ1n) is 11.5. The van der Waals surface area contributed by atoms with Crippen molar-refractivity contribution in [2.24, 2.45) is 0 Å². The van der Waals surface area contributed by atoms with E-state index in [1.807, 2.05) is 37.3 Å². The molecule has 0 amide bonds. The first-order chi connectivity index (χ1) is 18.3. The van der Waals surface area contributed by atoms with Gasteiger partial charge in [0.05, 0.1) is 23.3 Å². The lowest BCUT2D eigenvalue weighted by Crippen LogP contribution is -2.23. The van der Waals surface area contributed by atoms with Crippen LogP contribution in [0.25, 0.3) is 28.5 Å². The van der Waals surface area contributed by atoms with E-state index in [-0.39, 0.29) is 23.1 Å². The Morgan fingerprint density at radius 3 is 2.50 bits per heavy atom. The summed E-state index contributed by atoms with van der Waals surface area (Å²) >= 11 is 6.38. The second kappa shape index (κ2) is 10.5. The normalized spacial score (nSPS) is 11.0. The Kier molecular flexibility index (Phi) is 6.93. The molecular formula is C28H20ClF2N5O2. The highest BCUT2D eigenvalue weighted by atomic mass is 35.5. The van der Waals surface area contributed by atoms with Crippen LogP contribution in [0, 0.1) is 25.5 Å². The monoisotopic (exact) mass is 531 g/mol. The second-order valence-electron chi connectivity index (χ2n) is 8.46. The zero-order valence-electron chi connectivity index (χ0n) is 20.3. The molecule has 0 unspecified atom stereocenters. The fourth-order valence-electron chi connectivity index (χ4n) is 3.90. The predicted octanol–water partition coefficient (Wildman–Crippen LogP) is 5.88. The SMILES string of the molecule is Cc1cnc(-c2ccnc(-c3ccccc3)n2)cc1-n1c(C)cc(OCc2ncc(F)cc2F)c(Cl)c1=O. The van der Waals surface area contributed by atoms with Crippen LogP contribution in [0.15, 0.2) is 78.0 Å². The summed E-state index contributed by atoms with van der Waals surface area (Å²) in [6, 6.07) is 15.4. The van der Waals surface area contributed by atoms with Gasteiger partial charge < -0.3 is 4.74 Å². The molecule has 190 valence electrons. The fourth-order valence-corrected chi connectivity index (χ4v) is 4.10. The number of pyridine rings is 3. The lowest BCUT2D eigenvalue weighted by molar-refractivity contribution is 0.292. The van der Waals surface area contributed by atoms with Gasteiger partial charge in [-0.15, -0.1) is 0 Å². The highest BCUT2D eigenvalue weighted by Gasteiger charge is 2.18. The average Bonchev–Trinajstić information content (AvgIpc) is 2.92. The quantitative estimate of drug-likeness (QED) is 0.272. The van der Waals surface area contributed by atoms with Crippen molar-refractivity contribution in [1.82, 2.24) is 24.5 Å². The maximum absolute atomic E-state index is 13.9. The molecule has 5 rings (SSSR count). The third-order valence-electron chi connectivity index (χ3n) is 5.81. The third kappa shape index (κ3) is 5.01. The van der Waals surface area contributed by atoms with Gasteiger partial charge in [-0.3, -0.25) is 19.3 Å². The number of hydrogen-bond donors (Lipinski definition) is 0. The standard InChI is InChI=1S/C28H20ClF2N5O2/c1-16-13-33-22(21-8-9-32-27(35-21)18-6-4-3-5-7-18)12-24(16)36-17(2)10-25(26(29)28(36)37)38-15-23-20(31)11-19(30)14-34-23/h3-14H,15H2,1-2H3. The van der Waals surface area contributed by atoms with Crippen LogP contribution in [0.4, 0.5) is 8.78 Å². The first kappa shape index (κ1) is 25.2. The summed E-state index contributed by atoms with van der Waals surface area (Å²) < 4.78 is 34.1. The van der Waals surface area contributed by atoms with Crippen molar-refractivity contribution in [2.75, 3.05) is 0 Å². The molecule has 38 heavy (non-hydrogen) atoms. The van der Waals surface area contributed by atoms with E-state index in [0.717, 1.165) is 17.3 Å². The van der Waals surface area contributed by atoms with Crippen LogP contribution in [0.3, 0.4) is 0 Å². The van der Waals surface area contributed by atoms with Crippen LogP contribution in [-0.4, -0.2) is 24.5 Å². The number of halogens is 3. The van der Waals surface area contributed by atoms with E-state index in [1.165, 1.54) is 4.57 Å². The van der Waals surface area contributed by atoms with Crippen LogP contribution >= 0.6 is 11.6 Å². The number of nitrogens with zero attached hydrogens (tertiary/aromatic N) is 5. The molecule has 10 heteroatoms. The molecular weight excluding hydrogens is 512 g/mol. The van der Waals surface area contributed by atoms with Gasteiger partial charge in [-0.25, -0.2) is 18.7 Å². The highest BCUT2D eigenvalue weighted by molar-refractivity contribution is 6.31. The van der Waals surface area contributed by atoms with E-state index in [0.29, 0.717) is 34.7 Å². The molecule has 7 nitrogen and oxygen atoms in total. The largest absolute Gasteiger partial charge is 0.485 e. The van der Waals surface area contributed by atoms with Crippen molar-refractivity contribution in [2.45, 2.75) is 20.5 Å². The molecule has 0 aliphatic rings. The van der Waals surface area contributed by atoms with Gasteiger partial charge >= 0.3 is 0 Å². The number of hydrogen-bond acceptors (Lipinski definition) is 6. The summed E-state index contributed by atoms with van der Waals surface area (Å²) in [6.07, 6.45) is 4.20. The zero-order chi connectivity index (χ0) is 26.8. The van der Waals surface area contributed by atoms with Crippen LogP contribution in [0.2, 0.25) is 5.02 Å². The molecule has 1 aromatic carbocycles. The van der Waals surface area contributed by atoms with Gasteiger partial charge in [0, 0.05) is 35.8 Å². The molecule has 0 atom stereocenters. The Labute approximate surface area is 221 Å². The van der Waals surface area contributed by atoms with Crippen LogP contribution in [0.5, 0.6) is 5.75 Å². The van der Waals surface area contributed by atoms with Crippen molar-refractivity contribution in [3.8, 4) is 34.2 Å². The Morgan fingerprint density at radius 2 is 1.74 bits per heavy atom. The maximum atomic E-state index is 13.9. The number of ether oxygens (including phenoxy) is 1. The highest BCUT2D eigenvalue weighted by Crippen LogP contribution is 2.27. The lowest BCUT2D eigenvalue weighted by Gasteiger charge is -2.16. The molecule has 0 saturated carbocycles. The number of aromatic nitrogens is 5. The molecule has 4 aromatic heterocycles. The van der Waals surface area contributed by atoms with Gasteiger partial charge in [-0.1, -0.05) is 41.9 Å². The van der Waals surface area contributed by atoms with Crippen molar-refractivity contribution < 1.29 is 13.5 Å². The molecule has 0 spiro atoms. The second-order valence-corrected chi connectivity index (χ2v) is 8.84. The average molecular weight is 532 g/mol. The molecule has 0 aliphatic carbocycles. The maximum Gasteiger partial charge on any atom is 0.277 e. The van der Waals surface area contributed by atoms with Gasteiger partial charge in [-0.2, -0.15) is 0 Å². The molecule has 0 aliphatic heterocycles. The summed E-state index contributed by atoms with van der Waals surface area (Å²) in [5, 5.41) is -0.190. The van der Waals surface area contributed by atoms with E-state index >= 15 is 0 Å².